The van der Waals surface area contributed by atoms with Gasteiger partial charge in [-0.3, -0.25) is 4.90 Å². The normalized spacial score (nSPS) is 12.5. The summed E-state index contributed by atoms with van der Waals surface area (Å²) in [4.78, 5) is 13.2. The summed E-state index contributed by atoms with van der Waals surface area (Å²) in [6.07, 6.45) is -1.33. The molecular weight excluding hydrogens is 320 g/mol. The number of carbonyl (C=O) groups excluding carboxylic acids is 1. The molecule has 130 valence electrons. The molecular formula is C17H19F2NO4. The van der Waals surface area contributed by atoms with Crippen molar-refractivity contribution in [3.05, 3.63) is 58.5 Å². The Morgan fingerprint density at radius 3 is 2.58 bits per heavy atom. The second-order valence-corrected chi connectivity index (χ2v) is 5.52. The number of furan rings is 1. The van der Waals surface area contributed by atoms with Crippen molar-refractivity contribution in [1.82, 2.24) is 4.90 Å². The average Bonchev–Trinajstić information content (AvgIpc) is 2.86. The molecule has 7 heteroatoms. The predicted molar refractivity (Wildman–Crippen MR) is 82.4 cm³/mol. The van der Waals surface area contributed by atoms with Gasteiger partial charge in [0.15, 0.2) is 0 Å². The van der Waals surface area contributed by atoms with Crippen molar-refractivity contribution in [2.45, 2.75) is 19.6 Å². The zero-order valence-corrected chi connectivity index (χ0v) is 13.7. The molecule has 0 spiro atoms. The second kappa shape index (κ2) is 7.55. The van der Waals surface area contributed by atoms with Crippen LogP contribution in [0.15, 0.2) is 28.7 Å². The molecule has 0 aliphatic rings. The van der Waals surface area contributed by atoms with Crippen LogP contribution in [0.2, 0.25) is 0 Å². The number of halogens is 2. The van der Waals surface area contributed by atoms with Gasteiger partial charge < -0.3 is 14.3 Å². The van der Waals surface area contributed by atoms with Crippen LogP contribution in [0.3, 0.4) is 0 Å². The Morgan fingerprint density at radius 2 is 2.00 bits per heavy atom. The fourth-order valence-corrected chi connectivity index (χ4v) is 2.48. The number of aryl methyl sites for hydroxylation is 1. The quantitative estimate of drug-likeness (QED) is 0.820. The van der Waals surface area contributed by atoms with Gasteiger partial charge in [0, 0.05) is 6.54 Å². The van der Waals surface area contributed by atoms with Gasteiger partial charge in [0.25, 0.3) is 0 Å². The first-order valence-corrected chi connectivity index (χ1v) is 7.31. The SMILES string of the molecule is COC(=O)c1cc(CN(C)CC(O)c2c(F)cccc2F)oc1C. The lowest BCUT2D eigenvalue weighted by Gasteiger charge is -2.20. The van der Waals surface area contributed by atoms with E-state index in [4.69, 9.17) is 4.42 Å². The van der Waals surface area contributed by atoms with Crippen LogP contribution >= 0.6 is 0 Å². The molecule has 0 radical (unpaired) electrons. The summed E-state index contributed by atoms with van der Waals surface area (Å²) < 4.78 is 37.5. The first-order valence-electron chi connectivity index (χ1n) is 7.31. The lowest BCUT2D eigenvalue weighted by molar-refractivity contribution is 0.0598. The zero-order chi connectivity index (χ0) is 17.9. The lowest BCUT2D eigenvalue weighted by atomic mass is 10.1. The van der Waals surface area contributed by atoms with E-state index >= 15 is 0 Å². The molecule has 1 unspecified atom stereocenters. The standard InChI is InChI=1S/C17H19F2NO4/c1-10-12(17(22)23-3)7-11(24-10)8-20(2)9-15(21)16-13(18)5-4-6-14(16)19/h4-7,15,21H,8-9H2,1-3H3. The minimum absolute atomic E-state index is 0.00877. The molecule has 0 amide bonds. The molecule has 1 aromatic carbocycles. The molecule has 0 saturated heterocycles. The van der Waals surface area contributed by atoms with Gasteiger partial charge in [0.05, 0.1) is 25.3 Å². The Bertz CT molecular complexity index is 709. The lowest BCUT2D eigenvalue weighted by Crippen LogP contribution is -2.25. The predicted octanol–water partition coefficient (Wildman–Crippen LogP) is 2.82. The minimum Gasteiger partial charge on any atom is -0.465 e. The zero-order valence-electron chi connectivity index (χ0n) is 13.7. The van der Waals surface area contributed by atoms with Crippen LogP contribution in [0, 0.1) is 18.6 Å². The minimum atomic E-state index is -1.33. The Kier molecular flexibility index (Phi) is 5.69. The number of likely N-dealkylation sites (N-methyl/N-ethyl adjacent to an activating group) is 1. The molecule has 24 heavy (non-hydrogen) atoms. The summed E-state index contributed by atoms with van der Waals surface area (Å²) in [5.41, 5.74) is -0.0446. The Morgan fingerprint density at radius 1 is 1.38 bits per heavy atom. The first kappa shape index (κ1) is 18.1. The average molecular weight is 339 g/mol. The van der Waals surface area contributed by atoms with E-state index in [-0.39, 0.29) is 18.7 Å². The molecule has 0 fully saturated rings. The summed E-state index contributed by atoms with van der Waals surface area (Å²) in [5, 5.41) is 10.1. The fraction of sp³-hybridized carbons (Fsp3) is 0.353. The summed E-state index contributed by atoms with van der Waals surface area (Å²) in [7, 11) is 2.94. The van der Waals surface area contributed by atoms with Crippen LogP contribution in [0.25, 0.3) is 0 Å². The smallest absolute Gasteiger partial charge is 0.341 e. The third kappa shape index (κ3) is 3.98. The van der Waals surface area contributed by atoms with E-state index in [0.29, 0.717) is 17.1 Å². The van der Waals surface area contributed by atoms with Gasteiger partial charge in [-0.2, -0.15) is 0 Å². The molecule has 1 N–H and O–H groups in total. The highest BCUT2D eigenvalue weighted by molar-refractivity contribution is 5.90. The number of rotatable bonds is 6. The van der Waals surface area contributed by atoms with Crippen LogP contribution in [0.4, 0.5) is 8.78 Å². The maximum Gasteiger partial charge on any atom is 0.341 e. The third-order valence-corrected chi connectivity index (χ3v) is 3.62. The van der Waals surface area contributed by atoms with Gasteiger partial charge in [-0.25, -0.2) is 13.6 Å². The van der Waals surface area contributed by atoms with Gasteiger partial charge in [-0.15, -0.1) is 0 Å². The molecule has 1 atom stereocenters. The van der Waals surface area contributed by atoms with Crippen molar-refractivity contribution in [3.8, 4) is 0 Å². The van der Waals surface area contributed by atoms with Crippen molar-refractivity contribution < 1.29 is 27.8 Å². The summed E-state index contributed by atoms with van der Waals surface area (Å²) in [5.74, 6) is -1.18. The summed E-state index contributed by atoms with van der Waals surface area (Å²) in [6.45, 7) is 1.88. The highest BCUT2D eigenvalue weighted by Crippen LogP contribution is 2.22. The summed E-state index contributed by atoms with van der Waals surface area (Å²) >= 11 is 0. The molecule has 1 aromatic heterocycles. The second-order valence-electron chi connectivity index (χ2n) is 5.52. The Hall–Kier alpha value is -2.25. The first-order chi connectivity index (χ1) is 11.3. The number of hydrogen-bond acceptors (Lipinski definition) is 5. The molecule has 1 heterocycles. The van der Waals surface area contributed by atoms with Gasteiger partial charge in [-0.05, 0) is 32.2 Å². The van der Waals surface area contributed by atoms with Crippen LogP contribution < -0.4 is 0 Å². The van der Waals surface area contributed by atoms with Crippen LogP contribution in [-0.4, -0.2) is 36.7 Å². The van der Waals surface area contributed by atoms with Crippen molar-refractivity contribution in [2.24, 2.45) is 0 Å². The third-order valence-electron chi connectivity index (χ3n) is 3.62. The number of ether oxygens (including phenoxy) is 1. The van der Waals surface area contributed by atoms with Crippen molar-refractivity contribution in [3.63, 3.8) is 0 Å². The topological polar surface area (TPSA) is 62.9 Å². The largest absolute Gasteiger partial charge is 0.465 e. The molecule has 2 rings (SSSR count). The number of hydrogen-bond donors (Lipinski definition) is 1. The molecule has 5 nitrogen and oxygen atoms in total. The number of benzene rings is 1. The van der Waals surface area contributed by atoms with E-state index in [0.717, 1.165) is 12.1 Å². The highest BCUT2D eigenvalue weighted by atomic mass is 19.1. The number of aliphatic hydroxyl groups excluding tert-OH is 1. The van der Waals surface area contributed by atoms with E-state index in [1.807, 2.05) is 0 Å². The number of aliphatic hydroxyl groups is 1. The maximum absolute atomic E-state index is 13.7. The van der Waals surface area contributed by atoms with Crippen LogP contribution in [0.1, 0.15) is 33.5 Å². The van der Waals surface area contributed by atoms with E-state index in [1.54, 1.807) is 24.9 Å². The summed E-state index contributed by atoms with van der Waals surface area (Å²) in [6, 6.07) is 4.98. The molecule has 0 aliphatic carbocycles. The van der Waals surface area contributed by atoms with Gasteiger partial charge in [-0.1, -0.05) is 6.07 Å². The van der Waals surface area contributed by atoms with Crippen molar-refractivity contribution >= 4 is 5.97 Å². The van der Waals surface area contributed by atoms with E-state index in [9.17, 15) is 18.7 Å². The number of nitrogens with zero attached hydrogens (tertiary/aromatic N) is 1. The number of methoxy groups -OCH3 is 1. The van der Waals surface area contributed by atoms with E-state index in [1.165, 1.54) is 13.2 Å². The Balaban J connectivity index is 2.05. The van der Waals surface area contributed by atoms with Gasteiger partial charge >= 0.3 is 5.97 Å². The molecule has 0 bridgehead atoms. The van der Waals surface area contributed by atoms with Crippen molar-refractivity contribution in [1.29, 1.82) is 0 Å². The number of esters is 1. The number of carbonyl (C=O) groups is 1. The molecule has 0 saturated carbocycles. The highest BCUT2D eigenvalue weighted by Gasteiger charge is 2.21. The Labute approximate surface area is 138 Å². The van der Waals surface area contributed by atoms with Crippen LogP contribution in [-0.2, 0) is 11.3 Å². The van der Waals surface area contributed by atoms with E-state index in [2.05, 4.69) is 4.74 Å². The van der Waals surface area contributed by atoms with Gasteiger partial charge in [0.2, 0.25) is 0 Å². The monoisotopic (exact) mass is 339 g/mol. The van der Waals surface area contributed by atoms with Gasteiger partial charge in [0.1, 0.15) is 28.7 Å². The molecule has 2 aromatic rings. The maximum atomic E-state index is 13.7. The van der Waals surface area contributed by atoms with Crippen molar-refractivity contribution in [2.75, 3.05) is 20.7 Å². The fourth-order valence-electron chi connectivity index (χ4n) is 2.48. The van der Waals surface area contributed by atoms with E-state index < -0.39 is 23.7 Å². The molecule has 0 aliphatic heterocycles. The van der Waals surface area contributed by atoms with Crippen LogP contribution in [0.5, 0.6) is 0 Å².